The smallest absolute Gasteiger partial charge is 0.227 e. The summed E-state index contributed by atoms with van der Waals surface area (Å²) < 4.78 is 41.5. The van der Waals surface area contributed by atoms with Crippen LogP contribution in [0.3, 0.4) is 0 Å². The maximum atomic E-state index is 12.6. The molecule has 0 spiro atoms. The fraction of sp³-hybridized carbons (Fsp3) is 0.529. The molecule has 3 rings (SSSR count). The second-order valence-corrected chi connectivity index (χ2v) is 8.34. The fourth-order valence-electron chi connectivity index (χ4n) is 2.53. The number of hydrogen-bond acceptors (Lipinski definition) is 8. The van der Waals surface area contributed by atoms with E-state index < -0.39 is 9.84 Å². The summed E-state index contributed by atoms with van der Waals surface area (Å²) in [4.78, 5) is 4.45. The van der Waals surface area contributed by atoms with E-state index in [1.807, 2.05) is 14.0 Å². The standard InChI is InChI=1S/C17H23N3O5S.ClH/c1-12(18-2)10-16-19-17(25-20-16)6-9-26(21,22)13-4-5-14-15(11-13)24-8-3-7-23-14;/h4-5,11-12,18H,3,6-10H2,1-2H3;1H. The number of ether oxygens (including phenoxy) is 2. The molecular formula is C17H24ClN3O5S. The van der Waals surface area contributed by atoms with E-state index in [2.05, 4.69) is 15.5 Å². The van der Waals surface area contributed by atoms with Gasteiger partial charge in [0, 0.05) is 31.4 Å². The van der Waals surface area contributed by atoms with Gasteiger partial charge in [-0.05, 0) is 26.1 Å². The van der Waals surface area contributed by atoms with Crippen LogP contribution in [0.25, 0.3) is 0 Å². The van der Waals surface area contributed by atoms with Crippen LogP contribution in [-0.4, -0.2) is 50.6 Å². The van der Waals surface area contributed by atoms with Crippen molar-refractivity contribution < 1.29 is 22.4 Å². The number of aromatic nitrogens is 2. The van der Waals surface area contributed by atoms with Crippen LogP contribution in [0.2, 0.25) is 0 Å². The molecule has 1 aromatic carbocycles. The molecule has 1 N–H and O–H groups in total. The minimum absolute atomic E-state index is 0. The Bertz CT molecular complexity index is 856. The SMILES string of the molecule is CNC(C)Cc1noc(CCS(=O)(=O)c2ccc3c(c2)OCCCO3)n1.Cl. The highest BCUT2D eigenvalue weighted by Crippen LogP contribution is 2.32. The van der Waals surface area contributed by atoms with E-state index in [1.165, 1.54) is 12.1 Å². The zero-order valence-electron chi connectivity index (χ0n) is 15.3. The average Bonchev–Trinajstić information content (AvgIpc) is 2.94. The molecular weight excluding hydrogens is 394 g/mol. The van der Waals surface area contributed by atoms with Gasteiger partial charge in [0.25, 0.3) is 0 Å². The Balaban J connectivity index is 0.00000261. The third-order valence-electron chi connectivity index (χ3n) is 4.15. The summed E-state index contributed by atoms with van der Waals surface area (Å²) in [5, 5.41) is 6.98. The molecule has 0 bridgehead atoms. The van der Waals surface area contributed by atoms with Gasteiger partial charge in [0.05, 0.1) is 23.9 Å². The first-order valence-corrected chi connectivity index (χ1v) is 10.2. The molecule has 8 nitrogen and oxygen atoms in total. The van der Waals surface area contributed by atoms with Crippen molar-refractivity contribution in [1.82, 2.24) is 15.5 Å². The van der Waals surface area contributed by atoms with E-state index >= 15 is 0 Å². The van der Waals surface area contributed by atoms with Gasteiger partial charge in [-0.15, -0.1) is 12.4 Å². The van der Waals surface area contributed by atoms with E-state index in [-0.39, 0.29) is 35.5 Å². The summed E-state index contributed by atoms with van der Waals surface area (Å²) in [7, 11) is -1.64. The number of hydrogen-bond donors (Lipinski definition) is 1. The van der Waals surface area contributed by atoms with Gasteiger partial charge in [0.2, 0.25) is 5.89 Å². The number of benzene rings is 1. The van der Waals surface area contributed by atoms with Gasteiger partial charge in [-0.1, -0.05) is 5.16 Å². The van der Waals surface area contributed by atoms with Crippen LogP contribution in [-0.2, 0) is 22.7 Å². The molecule has 2 aromatic rings. The molecule has 27 heavy (non-hydrogen) atoms. The number of fused-ring (bicyclic) bond motifs is 1. The van der Waals surface area contributed by atoms with E-state index in [4.69, 9.17) is 14.0 Å². The maximum absolute atomic E-state index is 12.6. The summed E-state index contributed by atoms with van der Waals surface area (Å²) >= 11 is 0. The fourth-order valence-corrected chi connectivity index (χ4v) is 3.77. The zero-order valence-corrected chi connectivity index (χ0v) is 16.9. The lowest BCUT2D eigenvalue weighted by molar-refractivity contribution is 0.297. The Morgan fingerprint density at radius 3 is 2.70 bits per heavy atom. The van der Waals surface area contributed by atoms with Gasteiger partial charge in [0.15, 0.2) is 27.2 Å². The third kappa shape index (κ3) is 5.57. The molecule has 0 amide bonds. The predicted octanol–water partition coefficient (Wildman–Crippen LogP) is 1.82. The van der Waals surface area contributed by atoms with Crippen LogP contribution in [0.4, 0.5) is 0 Å². The van der Waals surface area contributed by atoms with Crippen LogP contribution < -0.4 is 14.8 Å². The summed E-state index contributed by atoms with van der Waals surface area (Å²) in [6, 6.07) is 4.91. The monoisotopic (exact) mass is 417 g/mol. The number of likely N-dealkylation sites (N-methyl/N-ethyl adjacent to an activating group) is 1. The predicted molar refractivity (Wildman–Crippen MR) is 102 cm³/mol. The van der Waals surface area contributed by atoms with Crippen LogP contribution in [0.5, 0.6) is 11.5 Å². The summed E-state index contributed by atoms with van der Waals surface area (Å²) in [5.74, 6) is 1.80. The number of aryl methyl sites for hydroxylation is 1. The van der Waals surface area contributed by atoms with Gasteiger partial charge in [0.1, 0.15) is 0 Å². The van der Waals surface area contributed by atoms with Crippen molar-refractivity contribution in [3.63, 3.8) is 0 Å². The minimum Gasteiger partial charge on any atom is -0.490 e. The maximum Gasteiger partial charge on any atom is 0.227 e. The van der Waals surface area contributed by atoms with Crippen LogP contribution in [0.1, 0.15) is 25.1 Å². The van der Waals surface area contributed by atoms with Gasteiger partial charge in [-0.3, -0.25) is 0 Å². The molecule has 0 radical (unpaired) electrons. The highest BCUT2D eigenvalue weighted by atomic mass is 35.5. The van der Waals surface area contributed by atoms with Crippen LogP contribution >= 0.6 is 12.4 Å². The Kier molecular flexibility index (Phi) is 7.46. The topological polar surface area (TPSA) is 104 Å². The minimum atomic E-state index is -3.50. The molecule has 1 aromatic heterocycles. The molecule has 0 fully saturated rings. The van der Waals surface area contributed by atoms with E-state index in [1.54, 1.807) is 6.07 Å². The van der Waals surface area contributed by atoms with Gasteiger partial charge in [-0.25, -0.2) is 8.42 Å². The molecule has 1 aliphatic heterocycles. The van der Waals surface area contributed by atoms with Crippen molar-refractivity contribution >= 4 is 22.2 Å². The van der Waals surface area contributed by atoms with E-state index in [9.17, 15) is 8.42 Å². The summed E-state index contributed by atoms with van der Waals surface area (Å²) in [6.07, 6.45) is 1.55. The number of rotatable bonds is 7. The normalized spacial score (nSPS) is 14.9. The molecule has 10 heteroatoms. The third-order valence-corrected chi connectivity index (χ3v) is 5.87. The van der Waals surface area contributed by atoms with Crippen LogP contribution in [0, 0.1) is 0 Å². The lowest BCUT2D eigenvalue weighted by Crippen LogP contribution is -2.24. The van der Waals surface area contributed by atoms with Crippen molar-refractivity contribution in [2.24, 2.45) is 0 Å². The number of nitrogens with one attached hydrogen (secondary N) is 1. The molecule has 0 saturated carbocycles. The molecule has 1 unspecified atom stereocenters. The highest BCUT2D eigenvalue weighted by Gasteiger charge is 2.20. The van der Waals surface area contributed by atoms with E-state index in [0.29, 0.717) is 42.8 Å². The molecule has 0 aliphatic carbocycles. The second kappa shape index (κ2) is 9.38. The number of sulfone groups is 1. The Morgan fingerprint density at radius 1 is 1.22 bits per heavy atom. The van der Waals surface area contributed by atoms with Gasteiger partial charge >= 0.3 is 0 Å². The first-order valence-electron chi connectivity index (χ1n) is 8.59. The molecule has 2 heterocycles. The summed E-state index contributed by atoms with van der Waals surface area (Å²) in [5.41, 5.74) is 0. The van der Waals surface area contributed by atoms with Crippen molar-refractivity contribution in [1.29, 1.82) is 0 Å². The Labute approximate surface area is 165 Å². The number of nitrogens with zero attached hydrogens (tertiary/aromatic N) is 2. The lowest BCUT2D eigenvalue weighted by atomic mass is 10.2. The van der Waals surface area contributed by atoms with Crippen LogP contribution in [0.15, 0.2) is 27.6 Å². The molecule has 0 saturated heterocycles. The Hall–Kier alpha value is -1.84. The second-order valence-electron chi connectivity index (χ2n) is 6.23. The molecule has 150 valence electrons. The Morgan fingerprint density at radius 2 is 1.96 bits per heavy atom. The zero-order chi connectivity index (χ0) is 18.6. The van der Waals surface area contributed by atoms with Crippen molar-refractivity contribution in [3.05, 3.63) is 29.9 Å². The molecule has 1 aliphatic rings. The van der Waals surface area contributed by atoms with E-state index in [0.717, 1.165) is 6.42 Å². The highest BCUT2D eigenvalue weighted by molar-refractivity contribution is 7.91. The lowest BCUT2D eigenvalue weighted by Gasteiger charge is -2.09. The number of halogens is 1. The van der Waals surface area contributed by atoms with Crippen molar-refractivity contribution in [3.8, 4) is 11.5 Å². The van der Waals surface area contributed by atoms with Gasteiger partial charge < -0.3 is 19.3 Å². The molecule has 1 atom stereocenters. The van der Waals surface area contributed by atoms with Crippen molar-refractivity contribution in [2.75, 3.05) is 26.0 Å². The largest absolute Gasteiger partial charge is 0.490 e. The quantitative estimate of drug-likeness (QED) is 0.727. The first-order chi connectivity index (χ1) is 12.5. The summed E-state index contributed by atoms with van der Waals surface area (Å²) in [6.45, 7) is 3.07. The average molecular weight is 418 g/mol. The van der Waals surface area contributed by atoms with Crippen molar-refractivity contribution in [2.45, 2.75) is 37.1 Å². The first kappa shape index (κ1) is 21.5. The van der Waals surface area contributed by atoms with Gasteiger partial charge in [-0.2, -0.15) is 4.98 Å².